The summed E-state index contributed by atoms with van der Waals surface area (Å²) in [5.41, 5.74) is 1.36. The first-order valence-electron chi connectivity index (χ1n) is 9.25. The fourth-order valence-corrected chi connectivity index (χ4v) is 2.80. The Morgan fingerprint density at radius 1 is 1.24 bits per heavy atom. The van der Waals surface area contributed by atoms with E-state index in [1.54, 1.807) is 0 Å². The van der Waals surface area contributed by atoms with Crippen LogP contribution in [0.2, 0.25) is 0 Å². The maximum Gasteiger partial charge on any atom is 0.261 e. The molecule has 1 heterocycles. The molecule has 0 radical (unpaired) electrons. The molecular weight excluding hydrogens is 316 g/mol. The zero-order chi connectivity index (χ0) is 18.3. The van der Waals surface area contributed by atoms with Crippen molar-refractivity contribution in [1.82, 2.24) is 10.2 Å². The average Bonchev–Trinajstić information content (AvgIpc) is 2.60. The van der Waals surface area contributed by atoms with Gasteiger partial charge in [-0.2, -0.15) is 0 Å². The van der Waals surface area contributed by atoms with Crippen LogP contribution in [0.1, 0.15) is 39.7 Å². The van der Waals surface area contributed by atoms with Crippen LogP contribution >= 0.6 is 0 Å². The molecule has 0 spiro atoms. The highest BCUT2D eigenvalue weighted by atomic mass is 16.5. The van der Waals surface area contributed by atoms with Gasteiger partial charge >= 0.3 is 0 Å². The number of amides is 1. The maximum atomic E-state index is 12.4. The second kappa shape index (κ2) is 9.20. The Morgan fingerprint density at radius 3 is 2.44 bits per heavy atom. The Balaban J connectivity index is 1.80. The van der Waals surface area contributed by atoms with Crippen molar-refractivity contribution < 1.29 is 14.3 Å². The number of morpholine rings is 1. The molecule has 1 aliphatic rings. The molecule has 1 aromatic rings. The van der Waals surface area contributed by atoms with Crippen molar-refractivity contribution in [2.24, 2.45) is 0 Å². The molecule has 5 nitrogen and oxygen atoms in total. The van der Waals surface area contributed by atoms with Crippen molar-refractivity contribution in [2.45, 2.75) is 45.6 Å². The lowest BCUT2D eigenvalue weighted by molar-refractivity contribution is -0.128. The van der Waals surface area contributed by atoms with Crippen LogP contribution in [0.4, 0.5) is 0 Å². The predicted octanol–water partition coefficient (Wildman–Crippen LogP) is 2.59. The van der Waals surface area contributed by atoms with Crippen LogP contribution in [0.15, 0.2) is 24.3 Å². The highest BCUT2D eigenvalue weighted by Crippen LogP contribution is 2.24. The summed E-state index contributed by atoms with van der Waals surface area (Å²) < 4.78 is 11.2. The summed E-state index contributed by atoms with van der Waals surface area (Å²) in [7, 11) is 0. The van der Waals surface area contributed by atoms with E-state index in [9.17, 15) is 4.79 Å². The summed E-state index contributed by atoms with van der Waals surface area (Å²) in [5.74, 6) is 0.693. The summed E-state index contributed by atoms with van der Waals surface area (Å²) in [5, 5.41) is 2.99. The van der Waals surface area contributed by atoms with Crippen LogP contribution in [0.25, 0.3) is 0 Å². The summed E-state index contributed by atoms with van der Waals surface area (Å²) in [6.45, 7) is 13.4. The highest BCUT2D eigenvalue weighted by Gasteiger charge is 2.19. The molecule has 1 N–H and O–H groups in total. The third kappa shape index (κ3) is 6.33. The number of nitrogens with zero attached hydrogens (tertiary/aromatic N) is 1. The van der Waals surface area contributed by atoms with Crippen molar-refractivity contribution in [1.29, 1.82) is 0 Å². The topological polar surface area (TPSA) is 50.8 Å². The number of carbonyl (C=O) groups is 1. The summed E-state index contributed by atoms with van der Waals surface area (Å²) in [6, 6.07) is 8.03. The average molecular weight is 348 g/mol. The molecule has 1 aromatic carbocycles. The summed E-state index contributed by atoms with van der Waals surface area (Å²) >= 11 is 0. The van der Waals surface area contributed by atoms with Gasteiger partial charge in [0.25, 0.3) is 5.91 Å². The molecule has 1 fully saturated rings. The molecule has 1 atom stereocenters. The molecule has 140 valence electrons. The molecule has 2 rings (SSSR count). The number of nitrogens with one attached hydrogen (secondary N) is 1. The second-order valence-corrected chi connectivity index (χ2v) is 7.53. The Labute approximate surface area is 151 Å². The number of hydrogen-bond acceptors (Lipinski definition) is 4. The molecular formula is C20H32N2O3. The van der Waals surface area contributed by atoms with Crippen molar-refractivity contribution >= 4 is 5.91 Å². The van der Waals surface area contributed by atoms with E-state index >= 15 is 0 Å². The van der Waals surface area contributed by atoms with Crippen LogP contribution in [0.5, 0.6) is 5.75 Å². The van der Waals surface area contributed by atoms with Gasteiger partial charge in [-0.15, -0.1) is 0 Å². The van der Waals surface area contributed by atoms with Gasteiger partial charge in [0.2, 0.25) is 0 Å². The van der Waals surface area contributed by atoms with Gasteiger partial charge in [-0.05, 0) is 29.5 Å². The number of ether oxygens (including phenoxy) is 2. The molecule has 1 saturated heterocycles. The first kappa shape index (κ1) is 19.7. The van der Waals surface area contributed by atoms with E-state index in [1.807, 2.05) is 19.1 Å². The monoisotopic (exact) mass is 348 g/mol. The highest BCUT2D eigenvalue weighted by molar-refractivity contribution is 5.81. The quantitative estimate of drug-likeness (QED) is 0.823. The Hall–Kier alpha value is -1.59. The number of carbonyl (C=O) groups excluding carboxylic acids is 1. The van der Waals surface area contributed by atoms with E-state index < -0.39 is 6.10 Å². The lowest BCUT2D eigenvalue weighted by atomic mass is 9.87. The number of rotatable bonds is 7. The minimum absolute atomic E-state index is 0.0457. The van der Waals surface area contributed by atoms with Gasteiger partial charge in [0.05, 0.1) is 13.2 Å². The molecule has 1 aliphatic heterocycles. The van der Waals surface area contributed by atoms with Crippen molar-refractivity contribution in [3.8, 4) is 5.75 Å². The molecule has 0 aromatic heterocycles. The zero-order valence-corrected chi connectivity index (χ0v) is 16.0. The van der Waals surface area contributed by atoms with Gasteiger partial charge in [0.1, 0.15) is 5.75 Å². The lowest BCUT2D eigenvalue weighted by Gasteiger charge is -2.27. The third-order valence-corrected chi connectivity index (χ3v) is 4.49. The molecule has 0 aliphatic carbocycles. The van der Waals surface area contributed by atoms with Crippen LogP contribution in [-0.2, 0) is 14.9 Å². The van der Waals surface area contributed by atoms with E-state index in [0.717, 1.165) is 38.6 Å². The van der Waals surface area contributed by atoms with Crippen molar-refractivity contribution in [3.05, 3.63) is 29.8 Å². The summed E-state index contributed by atoms with van der Waals surface area (Å²) in [4.78, 5) is 14.7. The minimum atomic E-state index is -0.454. The van der Waals surface area contributed by atoms with Gasteiger partial charge in [0.15, 0.2) is 6.10 Å². The lowest BCUT2D eigenvalue weighted by Crippen LogP contribution is -2.44. The fraction of sp³-hybridized carbons (Fsp3) is 0.650. The maximum absolute atomic E-state index is 12.4. The van der Waals surface area contributed by atoms with Gasteiger partial charge < -0.3 is 14.8 Å². The van der Waals surface area contributed by atoms with E-state index in [-0.39, 0.29) is 11.3 Å². The van der Waals surface area contributed by atoms with E-state index in [1.165, 1.54) is 5.56 Å². The molecule has 0 saturated carbocycles. The Morgan fingerprint density at radius 2 is 1.88 bits per heavy atom. The normalized spacial score (nSPS) is 17.1. The SMILES string of the molecule is CCC(Oc1ccc(C(C)(C)C)cc1)C(=O)NCCN1CCOCC1. The molecule has 1 unspecified atom stereocenters. The van der Waals surface area contributed by atoms with E-state index in [0.29, 0.717) is 13.0 Å². The van der Waals surface area contributed by atoms with Gasteiger partial charge in [-0.1, -0.05) is 39.8 Å². The first-order valence-corrected chi connectivity index (χ1v) is 9.25. The van der Waals surface area contributed by atoms with Crippen LogP contribution in [0.3, 0.4) is 0 Å². The van der Waals surface area contributed by atoms with Gasteiger partial charge in [-0.25, -0.2) is 0 Å². The van der Waals surface area contributed by atoms with Gasteiger partial charge in [-0.3, -0.25) is 9.69 Å². The third-order valence-electron chi connectivity index (χ3n) is 4.49. The molecule has 25 heavy (non-hydrogen) atoms. The second-order valence-electron chi connectivity index (χ2n) is 7.53. The number of hydrogen-bond donors (Lipinski definition) is 1. The predicted molar refractivity (Wildman–Crippen MR) is 100 cm³/mol. The summed E-state index contributed by atoms with van der Waals surface area (Å²) in [6.07, 6.45) is 0.190. The number of benzene rings is 1. The Bertz CT molecular complexity index is 531. The molecule has 5 heteroatoms. The largest absolute Gasteiger partial charge is 0.481 e. The van der Waals surface area contributed by atoms with Crippen LogP contribution in [-0.4, -0.2) is 56.3 Å². The standard InChI is InChI=1S/C20H32N2O3/c1-5-18(19(23)21-10-11-22-12-14-24-15-13-22)25-17-8-6-16(7-9-17)20(2,3)4/h6-9,18H,5,10-15H2,1-4H3,(H,21,23). The van der Waals surface area contributed by atoms with Crippen molar-refractivity contribution in [3.63, 3.8) is 0 Å². The minimum Gasteiger partial charge on any atom is -0.481 e. The van der Waals surface area contributed by atoms with Crippen LogP contribution in [0, 0.1) is 0 Å². The molecule has 0 bridgehead atoms. The zero-order valence-electron chi connectivity index (χ0n) is 16.0. The smallest absolute Gasteiger partial charge is 0.261 e. The van der Waals surface area contributed by atoms with E-state index in [2.05, 4.69) is 43.1 Å². The first-order chi connectivity index (χ1) is 11.9. The fourth-order valence-electron chi connectivity index (χ4n) is 2.80. The van der Waals surface area contributed by atoms with Crippen LogP contribution < -0.4 is 10.1 Å². The van der Waals surface area contributed by atoms with Crippen molar-refractivity contribution in [2.75, 3.05) is 39.4 Å². The van der Waals surface area contributed by atoms with Gasteiger partial charge in [0, 0.05) is 26.2 Å². The molecule has 1 amide bonds. The Kier molecular flexibility index (Phi) is 7.26. The van der Waals surface area contributed by atoms with E-state index in [4.69, 9.17) is 9.47 Å².